The lowest BCUT2D eigenvalue weighted by Crippen LogP contribution is -2.49. The minimum atomic E-state index is -0.936. The molecule has 25 heavy (non-hydrogen) atoms. The zero-order valence-electron chi connectivity index (χ0n) is 14.6. The van der Waals surface area contributed by atoms with Crippen molar-refractivity contribution in [3.05, 3.63) is 53.3 Å². The smallest absolute Gasteiger partial charge is 0.326 e. The second kappa shape index (κ2) is 7.09. The molecule has 2 unspecified atom stereocenters. The van der Waals surface area contributed by atoms with E-state index in [9.17, 15) is 14.7 Å². The highest BCUT2D eigenvalue weighted by atomic mass is 16.4. The van der Waals surface area contributed by atoms with Crippen molar-refractivity contribution in [1.82, 2.24) is 14.7 Å². The number of aromatic nitrogens is 2. The fraction of sp³-hybridized carbons (Fsp3) is 0.421. The van der Waals surface area contributed by atoms with E-state index in [0.717, 1.165) is 17.7 Å². The van der Waals surface area contributed by atoms with Crippen molar-refractivity contribution in [3.8, 4) is 0 Å². The fourth-order valence-electron chi connectivity index (χ4n) is 3.35. The van der Waals surface area contributed by atoms with Crippen LogP contribution in [0.25, 0.3) is 0 Å². The third kappa shape index (κ3) is 3.57. The van der Waals surface area contributed by atoms with Crippen molar-refractivity contribution in [2.45, 2.75) is 39.3 Å². The number of hydrogen-bond acceptors (Lipinski definition) is 3. The van der Waals surface area contributed by atoms with E-state index in [-0.39, 0.29) is 5.91 Å². The number of amides is 1. The molecule has 6 nitrogen and oxygen atoms in total. The number of carboxylic acids is 1. The monoisotopic (exact) mass is 341 g/mol. The van der Waals surface area contributed by atoms with Crippen LogP contribution >= 0.6 is 0 Å². The Labute approximate surface area is 147 Å². The minimum absolute atomic E-state index is 0.240. The van der Waals surface area contributed by atoms with Crippen LogP contribution in [0.1, 0.15) is 41.4 Å². The van der Waals surface area contributed by atoms with E-state index in [0.29, 0.717) is 31.0 Å². The summed E-state index contributed by atoms with van der Waals surface area (Å²) in [6.07, 6.45) is 2.88. The predicted molar refractivity (Wildman–Crippen MR) is 93.4 cm³/mol. The zero-order chi connectivity index (χ0) is 18.0. The molecule has 3 rings (SSSR count). The summed E-state index contributed by atoms with van der Waals surface area (Å²) in [5.41, 5.74) is 2.34. The number of benzene rings is 1. The number of aliphatic carboxylic acids is 1. The van der Waals surface area contributed by atoms with Crippen LogP contribution in [0.4, 0.5) is 0 Å². The lowest BCUT2D eigenvalue weighted by Gasteiger charge is -2.35. The van der Waals surface area contributed by atoms with Gasteiger partial charge in [0.05, 0.1) is 18.3 Å². The molecular formula is C19H23N3O3. The van der Waals surface area contributed by atoms with Crippen LogP contribution in [0.15, 0.2) is 36.5 Å². The molecule has 1 N–H and O–H groups in total. The van der Waals surface area contributed by atoms with Crippen LogP contribution in [0, 0.1) is 12.8 Å². The highest BCUT2D eigenvalue weighted by Gasteiger charge is 2.36. The maximum atomic E-state index is 12.9. The first-order chi connectivity index (χ1) is 12.0. The molecule has 132 valence electrons. The highest BCUT2D eigenvalue weighted by molar-refractivity contribution is 5.97. The Hall–Kier alpha value is -2.63. The molecule has 0 spiro atoms. The number of nitrogens with zero attached hydrogens (tertiary/aromatic N) is 3. The van der Waals surface area contributed by atoms with Gasteiger partial charge in [0.15, 0.2) is 0 Å². The lowest BCUT2D eigenvalue weighted by atomic mass is 9.92. The van der Waals surface area contributed by atoms with Crippen LogP contribution in [0.2, 0.25) is 0 Å². The Morgan fingerprint density at radius 2 is 2.00 bits per heavy atom. The van der Waals surface area contributed by atoms with Gasteiger partial charge in [0.2, 0.25) is 0 Å². The molecule has 1 aromatic carbocycles. The van der Waals surface area contributed by atoms with Crippen LogP contribution < -0.4 is 0 Å². The van der Waals surface area contributed by atoms with E-state index >= 15 is 0 Å². The van der Waals surface area contributed by atoms with E-state index < -0.39 is 12.0 Å². The molecule has 2 aromatic rings. The van der Waals surface area contributed by atoms with Crippen molar-refractivity contribution in [2.75, 3.05) is 6.54 Å². The Bertz CT molecular complexity index is 769. The number of rotatable bonds is 4. The second-order valence-electron chi connectivity index (χ2n) is 6.77. The fourth-order valence-corrected chi connectivity index (χ4v) is 3.35. The van der Waals surface area contributed by atoms with Crippen LogP contribution in [0.3, 0.4) is 0 Å². The highest BCUT2D eigenvalue weighted by Crippen LogP contribution is 2.25. The topological polar surface area (TPSA) is 75.4 Å². The first-order valence-electron chi connectivity index (χ1n) is 8.57. The van der Waals surface area contributed by atoms with Gasteiger partial charge in [-0.3, -0.25) is 9.48 Å². The largest absolute Gasteiger partial charge is 0.480 e. The van der Waals surface area contributed by atoms with E-state index in [1.807, 2.05) is 44.2 Å². The predicted octanol–water partition coefficient (Wildman–Crippen LogP) is 2.57. The summed E-state index contributed by atoms with van der Waals surface area (Å²) in [5, 5.41) is 13.8. The number of likely N-dealkylation sites (tertiary alicyclic amines) is 1. The molecule has 1 aliphatic rings. The molecule has 1 aromatic heterocycles. The Balaban J connectivity index is 1.82. The van der Waals surface area contributed by atoms with Gasteiger partial charge in [0.25, 0.3) is 5.91 Å². The van der Waals surface area contributed by atoms with E-state index in [4.69, 9.17) is 0 Å². The maximum Gasteiger partial charge on any atom is 0.326 e. The Morgan fingerprint density at radius 3 is 2.68 bits per heavy atom. The Kier molecular flexibility index (Phi) is 4.88. The summed E-state index contributed by atoms with van der Waals surface area (Å²) in [6, 6.07) is 9.15. The summed E-state index contributed by atoms with van der Waals surface area (Å²) in [4.78, 5) is 26.0. The molecule has 2 atom stereocenters. The van der Waals surface area contributed by atoms with Gasteiger partial charge in [-0.2, -0.15) is 5.10 Å². The summed E-state index contributed by atoms with van der Waals surface area (Å²) in [6.45, 7) is 4.94. The number of carbonyl (C=O) groups excluding carboxylic acids is 1. The van der Waals surface area contributed by atoms with Gasteiger partial charge in [-0.1, -0.05) is 37.3 Å². The summed E-state index contributed by atoms with van der Waals surface area (Å²) >= 11 is 0. The number of carbonyl (C=O) groups is 2. The first kappa shape index (κ1) is 17.2. The van der Waals surface area contributed by atoms with Gasteiger partial charge in [-0.05, 0) is 31.2 Å². The third-order valence-corrected chi connectivity index (χ3v) is 4.92. The minimum Gasteiger partial charge on any atom is -0.480 e. The molecule has 1 aliphatic heterocycles. The molecular weight excluding hydrogens is 318 g/mol. The van der Waals surface area contributed by atoms with Crippen molar-refractivity contribution in [2.24, 2.45) is 5.92 Å². The molecule has 2 heterocycles. The number of piperidine rings is 1. The summed E-state index contributed by atoms with van der Waals surface area (Å²) in [5.74, 6) is -0.864. The SMILES string of the molecule is Cc1c(C(=O)N2CCC(C)CC2C(=O)O)cnn1Cc1ccccc1. The lowest BCUT2D eigenvalue weighted by molar-refractivity contribution is -0.144. The first-order valence-corrected chi connectivity index (χ1v) is 8.57. The van der Waals surface area contributed by atoms with E-state index in [1.54, 1.807) is 10.9 Å². The molecule has 1 amide bonds. The van der Waals surface area contributed by atoms with Crippen LogP contribution in [0.5, 0.6) is 0 Å². The molecule has 1 fully saturated rings. The van der Waals surface area contributed by atoms with Gasteiger partial charge in [-0.15, -0.1) is 0 Å². The number of hydrogen-bond donors (Lipinski definition) is 1. The van der Waals surface area contributed by atoms with Gasteiger partial charge in [0.1, 0.15) is 6.04 Å². The Morgan fingerprint density at radius 1 is 1.28 bits per heavy atom. The third-order valence-electron chi connectivity index (χ3n) is 4.92. The van der Waals surface area contributed by atoms with Crippen LogP contribution in [-0.4, -0.2) is 44.3 Å². The van der Waals surface area contributed by atoms with Crippen molar-refractivity contribution in [1.29, 1.82) is 0 Å². The van der Waals surface area contributed by atoms with Crippen LogP contribution in [-0.2, 0) is 11.3 Å². The zero-order valence-corrected chi connectivity index (χ0v) is 14.6. The number of carboxylic acid groups (broad SMARTS) is 1. The van der Waals surface area contributed by atoms with Gasteiger partial charge >= 0.3 is 5.97 Å². The van der Waals surface area contributed by atoms with Gasteiger partial charge in [0, 0.05) is 12.2 Å². The van der Waals surface area contributed by atoms with Gasteiger partial charge in [-0.25, -0.2) is 4.79 Å². The summed E-state index contributed by atoms with van der Waals surface area (Å²) < 4.78 is 1.78. The molecule has 0 radical (unpaired) electrons. The molecule has 1 saturated heterocycles. The maximum absolute atomic E-state index is 12.9. The van der Waals surface area contributed by atoms with Crippen molar-refractivity contribution in [3.63, 3.8) is 0 Å². The van der Waals surface area contributed by atoms with Crippen molar-refractivity contribution >= 4 is 11.9 Å². The molecule has 0 saturated carbocycles. The van der Waals surface area contributed by atoms with Crippen molar-refractivity contribution < 1.29 is 14.7 Å². The molecule has 6 heteroatoms. The average molecular weight is 341 g/mol. The second-order valence-corrected chi connectivity index (χ2v) is 6.77. The average Bonchev–Trinajstić information content (AvgIpc) is 2.96. The quantitative estimate of drug-likeness (QED) is 0.927. The van der Waals surface area contributed by atoms with Gasteiger partial charge < -0.3 is 10.0 Å². The standard InChI is InChI=1S/C19H23N3O3/c1-13-8-9-21(17(10-13)19(24)25)18(23)16-11-20-22(14(16)2)12-15-6-4-3-5-7-15/h3-7,11,13,17H,8-10,12H2,1-2H3,(H,24,25). The molecule has 0 aliphatic carbocycles. The van der Waals surface area contributed by atoms with E-state index in [2.05, 4.69) is 5.10 Å². The molecule has 0 bridgehead atoms. The van der Waals surface area contributed by atoms with E-state index in [1.165, 1.54) is 4.90 Å². The summed E-state index contributed by atoms with van der Waals surface area (Å²) in [7, 11) is 0. The normalized spacial score (nSPS) is 20.5.